The summed E-state index contributed by atoms with van der Waals surface area (Å²) in [6.45, 7) is 2.57. The van der Waals surface area contributed by atoms with Crippen LogP contribution in [0.1, 0.15) is 12.5 Å². The minimum atomic E-state index is -0.908. The quantitative estimate of drug-likeness (QED) is 0.687. The summed E-state index contributed by atoms with van der Waals surface area (Å²) in [4.78, 5) is 11.1. The standard InChI is InChI=1S/C12H16N2O2S/c1-2-13-12(17)14-10(11(15)16)8-9-6-4-3-5-7-9/h3-7,10H,2,8H2,1H3,(H,15,16)(H2,13,14,17)/t10-/m1/s1. The highest BCUT2D eigenvalue weighted by Crippen LogP contribution is 2.03. The van der Waals surface area contributed by atoms with Crippen LogP contribution in [-0.2, 0) is 11.2 Å². The van der Waals surface area contributed by atoms with E-state index in [2.05, 4.69) is 10.6 Å². The molecule has 1 aromatic rings. The summed E-state index contributed by atoms with van der Waals surface area (Å²) in [5, 5.41) is 15.1. The van der Waals surface area contributed by atoms with E-state index in [1.807, 2.05) is 37.3 Å². The Kier molecular flexibility index (Phi) is 5.42. The number of hydrogen-bond donors (Lipinski definition) is 3. The van der Waals surface area contributed by atoms with Crippen molar-refractivity contribution in [2.75, 3.05) is 6.54 Å². The zero-order chi connectivity index (χ0) is 12.7. The van der Waals surface area contributed by atoms with Gasteiger partial charge >= 0.3 is 5.97 Å². The molecular weight excluding hydrogens is 236 g/mol. The Morgan fingerprint density at radius 3 is 2.59 bits per heavy atom. The van der Waals surface area contributed by atoms with Crippen LogP contribution >= 0.6 is 12.2 Å². The molecule has 5 heteroatoms. The SMILES string of the molecule is CCNC(=S)N[C@H](Cc1ccccc1)C(=O)O. The fraction of sp³-hybridized carbons (Fsp3) is 0.333. The molecule has 0 saturated carbocycles. The lowest BCUT2D eigenvalue weighted by Gasteiger charge is -2.16. The number of nitrogens with one attached hydrogen (secondary N) is 2. The first-order chi connectivity index (χ1) is 8.13. The van der Waals surface area contributed by atoms with Gasteiger partial charge in [-0.15, -0.1) is 0 Å². The molecule has 0 aliphatic heterocycles. The number of carboxylic acids is 1. The number of carbonyl (C=O) groups is 1. The van der Waals surface area contributed by atoms with E-state index in [0.717, 1.165) is 5.56 Å². The molecule has 0 fully saturated rings. The second-order valence-electron chi connectivity index (χ2n) is 3.58. The van der Waals surface area contributed by atoms with Gasteiger partial charge in [-0.1, -0.05) is 30.3 Å². The molecule has 0 aliphatic rings. The van der Waals surface area contributed by atoms with Gasteiger partial charge in [-0.05, 0) is 24.7 Å². The Morgan fingerprint density at radius 2 is 2.06 bits per heavy atom. The van der Waals surface area contributed by atoms with E-state index >= 15 is 0 Å². The van der Waals surface area contributed by atoms with Crippen LogP contribution in [0.3, 0.4) is 0 Å². The summed E-state index contributed by atoms with van der Waals surface area (Å²) in [7, 11) is 0. The Labute approximate surface area is 106 Å². The molecule has 17 heavy (non-hydrogen) atoms. The smallest absolute Gasteiger partial charge is 0.326 e. The fourth-order valence-electron chi connectivity index (χ4n) is 1.42. The van der Waals surface area contributed by atoms with Crippen molar-refractivity contribution in [3.05, 3.63) is 35.9 Å². The van der Waals surface area contributed by atoms with Crippen LogP contribution in [0.2, 0.25) is 0 Å². The lowest BCUT2D eigenvalue weighted by Crippen LogP contribution is -2.46. The lowest BCUT2D eigenvalue weighted by molar-refractivity contribution is -0.139. The maximum atomic E-state index is 11.1. The van der Waals surface area contributed by atoms with Gasteiger partial charge in [0.25, 0.3) is 0 Å². The van der Waals surface area contributed by atoms with Crippen molar-refractivity contribution >= 4 is 23.3 Å². The molecule has 1 atom stereocenters. The number of aliphatic carboxylic acids is 1. The zero-order valence-electron chi connectivity index (χ0n) is 9.64. The predicted molar refractivity (Wildman–Crippen MR) is 71.0 cm³/mol. The predicted octanol–water partition coefficient (Wildman–Crippen LogP) is 1.17. The third-order valence-corrected chi connectivity index (χ3v) is 2.49. The van der Waals surface area contributed by atoms with Crippen molar-refractivity contribution in [2.45, 2.75) is 19.4 Å². The third-order valence-electron chi connectivity index (χ3n) is 2.22. The molecule has 1 aromatic carbocycles. The summed E-state index contributed by atoms with van der Waals surface area (Å²) in [6.07, 6.45) is 0.404. The Hall–Kier alpha value is -1.62. The molecule has 0 heterocycles. The highest BCUT2D eigenvalue weighted by atomic mass is 32.1. The number of thiocarbonyl (C=S) groups is 1. The van der Waals surface area contributed by atoms with Crippen molar-refractivity contribution in [3.63, 3.8) is 0 Å². The Morgan fingerprint density at radius 1 is 1.41 bits per heavy atom. The second-order valence-corrected chi connectivity index (χ2v) is 3.99. The van der Waals surface area contributed by atoms with E-state index < -0.39 is 12.0 Å². The van der Waals surface area contributed by atoms with Crippen molar-refractivity contribution in [1.29, 1.82) is 0 Å². The summed E-state index contributed by atoms with van der Waals surface area (Å²) in [5.41, 5.74) is 0.965. The first-order valence-electron chi connectivity index (χ1n) is 5.44. The normalized spacial score (nSPS) is 11.6. The molecule has 0 unspecified atom stereocenters. The molecule has 0 spiro atoms. The summed E-state index contributed by atoms with van der Waals surface area (Å²) in [6, 6.07) is 8.76. The summed E-state index contributed by atoms with van der Waals surface area (Å²) in [5.74, 6) is -0.908. The van der Waals surface area contributed by atoms with Crippen LogP contribution in [0.4, 0.5) is 0 Å². The van der Waals surface area contributed by atoms with Gasteiger partial charge in [0.2, 0.25) is 0 Å². The van der Waals surface area contributed by atoms with Crippen LogP contribution in [0, 0.1) is 0 Å². The summed E-state index contributed by atoms with van der Waals surface area (Å²) >= 11 is 4.98. The average molecular weight is 252 g/mol. The van der Waals surface area contributed by atoms with E-state index in [-0.39, 0.29) is 0 Å². The molecule has 0 saturated heterocycles. The molecule has 92 valence electrons. The molecule has 3 N–H and O–H groups in total. The largest absolute Gasteiger partial charge is 0.480 e. The van der Waals surface area contributed by atoms with Crippen molar-refractivity contribution in [1.82, 2.24) is 10.6 Å². The van der Waals surface area contributed by atoms with E-state index in [0.29, 0.717) is 18.1 Å². The van der Waals surface area contributed by atoms with Gasteiger partial charge in [0.1, 0.15) is 6.04 Å². The number of carboxylic acid groups (broad SMARTS) is 1. The highest BCUT2D eigenvalue weighted by Gasteiger charge is 2.18. The topological polar surface area (TPSA) is 61.4 Å². The second kappa shape index (κ2) is 6.85. The molecule has 0 amide bonds. The van der Waals surface area contributed by atoms with E-state index in [4.69, 9.17) is 17.3 Å². The molecule has 0 aliphatic carbocycles. The summed E-state index contributed by atoms with van der Waals surface area (Å²) < 4.78 is 0. The van der Waals surface area contributed by atoms with Crippen LogP contribution in [0.5, 0.6) is 0 Å². The molecule has 0 bridgehead atoms. The van der Waals surface area contributed by atoms with Crippen LogP contribution < -0.4 is 10.6 Å². The lowest BCUT2D eigenvalue weighted by atomic mass is 10.1. The number of rotatable bonds is 5. The maximum absolute atomic E-state index is 11.1. The molecule has 4 nitrogen and oxygen atoms in total. The minimum Gasteiger partial charge on any atom is -0.480 e. The van der Waals surface area contributed by atoms with Crippen LogP contribution in [-0.4, -0.2) is 28.8 Å². The van der Waals surface area contributed by atoms with Crippen molar-refractivity contribution in [3.8, 4) is 0 Å². The minimum absolute atomic E-state index is 0.371. The molecule has 0 aromatic heterocycles. The van der Waals surface area contributed by atoms with Gasteiger partial charge in [0.05, 0.1) is 0 Å². The van der Waals surface area contributed by atoms with Gasteiger partial charge < -0.3 is 15.7 Å². The molecular formula is C12H16N2O2S. The van der Waals surface area contributed by atoms with Gasteiger partial charge in [0.15, 0.2) is 5.11 Å². The van der Waals surface area contributed by atoms with Gasteiger partial charge in [-0.25, -0.2) is 4.79 Å². The third kappa shape index (κ3) is 4.82. The van der Waals surface area contributed by atoms with Crippen LogP contribution in [0.25, 0.3) is 0 Å². The average Bonchev–Trinajstić information content (AvgIpc) is 2.29. The van der Waals surface area contributed by atoms with Gasteiger partial charge in [-0.2, -0.15) is 0 Å². The van der Waals surface area contributed by atoms with Crippen molar-refractivity contribution in [2.24, 2.45) is 0 Å². The van der Waals surface area contributed by atoms with E-state index in [1.165, 1.54) is 0 Å². The number of hydrogen-bond acceptors (Lipinski definition) is 2. The Bertz CT molecular complexity index is 381. The van der Waals surface area contributed by atoms with Crippen LogP contribution in [0.15, 0.2) is 30.3 Å². The molecule has 1 rings (SSSR count). The zero-order valence-corrected chi connectivity index (χ0v) is 10.5. The fourth-order valence-corrected chi connectivity index (χ4v) is 1.71. The highest BCUT2D eigenvalue weighted by molar-refractivity contribution is 7.80. The van der Waals surface area contributed by atoms with Crippen molar-refractivity contribution < 1.29 is 9.90 Å². The Balaban J connectivity index is 2.61. The van der Waals surface area contributed by atoms with Gasteiger partial charge in [-0.3, -0.25) is 0 Å². The van der Waals surface area contributed by atoms with Gasteiger partial charge in [0, 0.05) is 13.0 Å². The first-order valence-corrected chi connectivity index (χ1v) is 5.85. The molecule has 0 radical (unpaired) electrons. The first kappa shape index (κ1) is 13.4. The van der Waals surface area contributed by atoms with E-state index in [9.17, 15) is 4.79 Å². The number of benzene rings is 1. The van der Waals surface area contributed by atoms with E-state index in [1.54, 1.807) is 0 Å². The monoisotopic (exact) mass is 252 g/mol. The maximum Gasteiger partial charge on any atom is 0.326 e.